The number of nitrogens with zero attached hydrogens (tertiary/aromatic N) is 1. The second-order valence-corrected chi connectivity index (χ2v) is 4.24. The first-order valence-corrected chi connectivity index (χ1v) is 6.32. The third-order valence-electron chi connectivity index (χ3n) is 2.86. The molecule has 0 unspecified atom stereocenters. The van der Waals surface area contributed by atoms with E-state index in [0.29, 0.717) is 17.5 Å². The van der Waals surface area contributed by atoms with Crippen LogP contribution in [0.4, 0.5) is 0 Å². The molecule has 0 aliphatic rings. The Hall–Kier alpha value is -1.62. The third-order valence-corrected chi connectivity index (χ3v) is 2.86. The van der Waals surface area contributed by atoms with E-state index >= 15 is 0 Å². The number of ketones is 1. The van der Waals surface area contributed by atoms with Crippen LogP contribution in [-0.2, 0) is 0 Å². The molecule has 1 aromatic rings. The molecule has 0 bridgehead atoms. The molecule has 0 spiro atoms. The van der Waals surface area contributed by atoms with Crippen LogP contribution in [0.25, 0.3) is 0 Å². The van der Waals surface area contributed by atoms with Gasteiger partial charge in [0.1, 0.15) is 0 Å². The Bertz CT molecular complexity index is 404. The molecule has 0 aliphatic heterocycles. The molecule has 0 amide bonds. The molecule has 90 valence electrons. The summed E-state index contributed by atoms with van der Waals surface area (Å²) in [5.41, 5.74) is 1.07. The lowest BCUT2D eigenvalue weighted by molar-refractivity contribution is 0.0979. The van der Waals surface area contributed by atoms with Crippen LogP contribution in [0.5, 0.6) is 0 Å². The van der Waals surface area contributed by atoms with E-state index in [-0.39, 0.29) is 5.78 Å². The zero-order valence-corrected chi connectivity index (χ0v) is 10.4. The van der Waals surface area contributed by atoms with Crippen LogP contribution in [0.3, 0.4) is 0 Å². The SMILES string of the molecule is CCCCCCCC(=O)c1ccccc1C#N. The minimum absolute atomic E-state index is 0.0960. The zero-order valence-electron chi connectivity index (χ0n) is 10.4. The van der Waals surface area contributed by atoms with Gasteiger partial charge in [0.25, 0.3) is 0 Å². The summed E-state index contributed by atoms with van der Waals surface area (Å²) >= 11 is 0. The molecular formula is C15H19NO. The van der Waals surface area contributed by atoms with Gasteiger partial charge in [-0.3, -0.25) is 4.79 Å². The highest BCUT2D eigenvalue weighted by Gasteiger charge is 2.09. The van der Waals surface area contributed by atoms with E-state index in [1.807, 2.05) is 6.07 Å². The van der Waals surface area contributed by atoms with Gasteiger partial charge in [-0.1, -0.05) is 50.8 Å². The molecular weight excluding hydrogens is 210 g/mol. The van der Waals surface area contributed by atoms with Crippen LogP contribution in [0, 0.1) is 11.3 Å². The van der Waals surface area contributed by atoms with E-state index in [0.717, 1.165) is 12.8 Å². The third kappa shape index (κ3) is 4.40. The van der Waals surface area contributed by atoms with E-state index in [1.165, 1.54) is 19.3 Å². The van der Waals surface area contributed by atoms with Gasteiger partial charge in [0, 0.05) is 12.0 Å². The predicted octanol–water partition coefficient (Wildman–Crippen LogP) is 4.10. The van der Waals surface area contributed by atoms with Crippen LogP contribution in [0.15, 0.2) is 24.3 Å². The van der Waals surface area contributed by atoms with E-state index in [4.69, 9.17) is 5.26 Å². The van der Waals surface area contributed by atoms with E-state index < -0.39 is 0 Å². The minimum Gasteiger partial charge on any atom is -0.294 e. The molecule has 1 aromatic carbocycles. The average molecular weight is 229 g/mol. The molecule has 2 nitrogen and oxygen atoms in total. The molecule has 0 fully saturated rings. The smallest absolute Gasteiger partial charge is 0.164 e. The Balaban J connectivity index is 2.45. The molecule has 1 rings (SSSR count). The van der Waals surface area contributed by atoms with Gasteiger partial charge in [0.15, 0.2) is 5.78 Å². The number of Topliss-reactive ketones (excluding diaryl/α,β-unsaturated/α-hetero) is 1. The lowest BCUT2D eigenvalue weighted by Crippen LogP contribution is -2.01. The largest absolute Gasteiger partial charge is 0.294 e. The van der Waals surface area contributed by atoms with Crippen LogP contribution >= 0.6 is 0 Å². The number of nitriles is 1. The van der Waals surface area contributed by atoms with Crippen molar-refractivity contribution in [2.75, 3.05) is 0 Å². The minimum atomic E-state index is 0.0960. The molecule has 2 heteroatoms. The zero-order chi connectivity index (χ0) is 12.5. The Morgan fingerprint density at radius 3 is 2.59 bits per heavy atom. The summed E-state index contributed by atoms with van der Waals surface area (Å²) in [6.45, 7) is 2.17. The maximum absolute atomic E-state index is 11.9. The lowest BCUT2D eigenvalue weighted by atomic mass is 10.00. The quantitative estimate of drug-likeness (QED) is 0.521. The van der Waals surface area contributed by atoms with Crippen LogP contribution in [0.1, 0.15) is 61.4 Å². The van der Waals surface area contributed by atoms with Gasteiger partial charge in [0.05, 0.1) is 11.6 Å². The highest BCUT2D eigenvalue weighted by atomic mass is 16.1. The monoisotopic (exact) mass is 229 g/mol. The second kappa shape index (κ2) is 7.62. The van der Waals surface area contributed by atoms with Gasteiger partial charge in [-0.15, -0.1) is 0 Å². The number of carbonyl (C=O) groups excluding carboxylic acids is 1. The molecule has 0 heterocycles. The summed E-state index contributed by atoms with van der Waals surface area (Å²) in [6.07, 6.45) is 6.24. The van der Waals surface area contributed by atoms with Crippen molar-refractivity contribution in [1.82, 2.24) is 0 Å². The maximum Gasteiger partial charge on any atom is 0.164 e. The lowest BCUT2D eigenvalue weighted by Gasteiger charge is -2.03. The first kappa shape index (κ1) is 13.4. The Kier molecular flexibility index (Phi) is 6.03. The second-order valence-electron chi connectivity index (χ2n) is 4.24. The van der Waals surface area contributed by atoms with Gasteiger partial charge in [-0.2, -0.15) is 5.26 Å². The van der Waals surface area contributed by atoms with Gasteiger partial charge >= 0.3 is 0 Å². The van der Waals surface area contributed by atoms with Crippen molar-refractivity contribution in [1.29, 1.82) is 5.26 Å². The predicted molar refractivity (Wildman–Crippen MR) is 68.9 cm³/mol. The summed E-state index contributed by atoms with van der Waals surface area (Å²) in [5, 5.41) is 8.91. The normalized spacial score (nSPS) is 9.88. The first-order chi connectivity index (χ1) is 8.29. The Morgan fingerprint density at radius 1 is 1.18 bits per heavy atom. The van der Waals surface area contributed by atoms with Crippen LogP contribution in [-0.4, -0.2) is 5.78 Å². The fourth-order valence-corrected chi connectivity index (χ4v) is 1.85. The van der Waals surface area contributed by atoms with Crippen molar-refractivity contribution in [2.45, 2.75) is 45.4 Å². The summed E-state index contributed by atoms with van der Waals surface area (Å²) in [7, 11) is 0. The Labute approximate surface area is 103 Å². The van der Waals surface area contributed by atoms with Gasteiger partial charge in [0.2, 0.25) is 0 Å². The van der Waals surface area contributed by atoms with E-state index in [9.17, 15) is 4.79 Å². The number of benzene rings is 1. The van der Waals surface area contributed by atoms with Crippen molar-refractivity contribution in [3.63, 3.8) is 0 Å². The summed E-state index contributed by atoms with van der Waals surface area (Å²) in [5.74, 6) is 0.0960. The van der Waals surface area contributed by atoms with Crippen LogP contribution < -0.4 is 0 Å². The van der Waals surface area contributed by atoms with E-state index in [1.54, 1.807) is 18.2 Å². The standard InChI is InChI=1S/C15H19NO/c1-2-3-4-5-6-11-15(17)14-10-8-7-9-13(14)12-16/h7-10H,2-6,11H2,1H3. The van der Waals surface area contributed by atoms with Crippen LogP contribution in [0.2, 0.25) is 0 Å². The van der Waals surface area contributed by atoms with E-state index in [2.05, 4.69) is 13.0 Å². The van der Waals surface area contributed by atoms with Gasteiger partial charge in [-0.05, 0) is 12.5 Å². The number of hydrogen-bond acceptors (Lipinski definition) is 2. The number of unbranched alkanes of at least 4 members (excludes halogenated alkanes) is 4. The topological polar surface area (TPSA) is 40.9 Å². The van der Waals surface area contributed by atoms with Crippen molar-refractivity contribution >= 4 is 5.78 Å². The summed E-state index contributed by atoms with van der Waals surface area (Å²) in [4.78, 5) is 11.9. The molecule has 0 aromatic heterocycles. The number of hydrogen-bond donors (Lipinski definition) is 0. The van der Waals surface area contributed by atoms with Crippen molar-refractivity contribution in [2.24, 2.45) is 0 Å². The Morgan fingerprint density at radius 2 is 1.88 bits per heavy atom. The maximum atomic E-state index is 11.9. The van der Waals surface area contributed by atoms with Crippen molar-refractivity contribution < 1.29 is 4.79 Å². The van der Waals surface area contributed by atoms with Crippen molar-refractivity contribution in [3.05, 3.63) is 35.4 Å². The summed E-state index contributed by atoms with van der Waals surface area (Å²) < 4.78 is 0. The molecule has 0 aliphatic carbocycles. The molecule has 0 saturated carbocycles. The van der Waals surface area contributed by atoms with Gasteiger partial charge < -0.3 is 0 Å². The number of carbonyl (C=O) groups is 1. The summed E-state index contributed by atoms with van der Waals surface area (Å²) in [6, 6.07) is 9.11. The van der Waals surface area contributed by atoms with Gasteiger partial charge in [-0.25, -0.2) is 0 Å². The molecule has 0 saturated heterocycles. The molecule has 0 N–H and O–H groups in total. The fraction of sp³-hybridized carbons (Fsp3) is 0.467. The molecule has 0 atom stereocenters. The first-order valence-electron chi connectivity index (χ1n) is 6.32. The number of rotatable bonds is 7. The molecule has 0 radical (unpaired) electrons. The molecule has 17 heavy (non-hydrogen) atoms. The van der Waals surface area contributed by atoms with Crippen molar-refractivity contribution in [3.8, 4) is 6.07 Å². The highest BCUT2D eigenvalue weighted by Crippen LogP contribution is 2.13. The fourth-order valence-electron chi connectivity index (χ4n) is 1.85. The highest BCUT2D eigenvalue weighted by molar-refractivity contribution is 5.98. The average Bonchev–Trinajstić information content (AvgIpc) is 2.38.